The molecular formula is C13H16Cl2N2O2. The summed E-state index contributed by atoms with van der Waals surface area (Å²) >= 11 is 12.1. The van der Waals surface area contributed by atoms with Gasteiger partial charge in [0.25, 0.3) is 0 Å². The van der Waals surface area contributed by atoms with E-state index in [-0.39, 0.29) is 12.5 Å². The number of rotatable bonds is 3. The van der Waals surface area contributed by atoms with E-state index in [1.165, 1.54) is 0 Å². The first-order valence-corrected chi connectivity index (χ1v) is 6.88. The molecule has 0 spiro atoms. The van der Waals surface area contributed by atoms with E-state index in [1.807, 2.05) is 0 Å². The Morgan fingerprint density at radius 2 is 1.89 bits per heavy atom. The van der Waals surface area contributed by atoms with Crippen LogP contribution >= 0.6 is 23.2 Å². The maximum Gasteiger partial charge on any atom is 0.232 e. The molecule has 0 aliphatic carbocycles. The number of halogens is 2. The lowest BCUT2D eigenvalue weighted by Gasteiger charge is -2.34. The van der Waals surface area contributed by atoms with Gasteiger partial charge < -0.3 is 15.8 Å². The highest BCUT2D eigenvalue weighted by atomic mass is 35.5. The van der Waals surface area contributed by atoms with Crippen molar-refractivity contribution >= 4 is 34.8 Å². The van der Waals surface area contributed by atoms with Gasteiger partial charge in [0.05, 0.1) is 21.1 Å². The molecule has 6 heteroatoms. The molecule has 1 aromatic rings. The van der Waals surface area contributed by atoms with Gasteiger partial charge in [-0.3, -0.25) is 4.79 Å². The van der Waals surface area contributed by atoms with E-state index < -0.39 is 5.41 Å². The van der Waals surface area contributed by atoms with Crippen molar-refractivity contribution in [3.63, 3.8) is 0 Å². The van der Waals surface area contributed by atoms with Crippen LogP contribution in [0.15, 0.2) is 18.2 Å². The Labute approximate surface area is 122 Å². The van der Waals surface area contributed by atoms with Crippen LogP contribution in [0.5, 0.6) is 0 Å². The predicted octanol–water partition coefficient (Wildman–Crippen LogP) is 2.69. The van der Waals surface area contributed by atoms with Crippen molar-refractivity contribution in [2.75, 3.05) is 25.1 Å². The molecule has 0 unspecified atom stereocenters. The summed E-state index contributed by atoms with van der Waals surface area (Å²) < 4.78 is 5.29. The molecule has 2 rings (SSSR count). The van der Waals surface area contributed by atoms with Gasteiger partial charge in [0.2, 0.25) is 5.91 Å². The van der Waals surface area contributed by atoms with Crippen LogP contribution in [0.1, 0.15) is 12.8 Å². The van der Waals surface area contributed by atoms with Crippen molar-refractivity contribution in [2.24, 2.45) is 11.1 Å². The molecule has 0 atom stereocenters. The monoisotopic (exact) mass is 302 g/mol. The predicted molar refractivity (Wildman–Crippen MR) is 76.6 cm³/mol. The maximum absolute atomic E-state index is 12.5. The molecule has 0 saturated carbocycles. The second-order valence-electron chi connectivity index (χ2n) is 4.65. The summed E-state index contributed by atoms with van der Waals surface area (Å²) in [6.45, 7) is 1.37. The standard InChI is InChI=1S/C13H16Cl2N2O2/c14-9-2-1-3-10(15)11(9)17-12(18)13(8-16)4-6-19-7-5-13/h1-3H,4-8,16H2,(H,17,18). The van der Waals surface area contributed by atoms with Crippen molar-refractivity contribution in [1.82, 2.24) is 0 Å². The van der Waals surface area contributed by atoms with Gasteiger partial charge in [-0.15, -0.1) is 0 Å². The minimum atomic E-state index is -0.596. The number of hydrogen-bond donors (Lipinski definition) is 2. The summed E-state index contributed by atoms with van der Waals surface area (Å²) in [4.78, 5) is 12.5. The smallest absolute Gasteiger partial charge is 0.232 e. The minimum absolute atomic E-state index is 0.145. The molecule has 1 fully saturated rings. The Hall–Kier alpha value is -0.810. The highest BCUT2D eigenvalue weighted by molar-refractivity contribution is 6.39. The van der Waals surface area contributed by atoms with Gasteiger partial charge in [-0.05, 0) is 25.0 Å². The van der Waals surface area contributed by atoms with Crippen molar-refractivity contribution in [1.29, 1.82) is 0 Å². The van der Waals surface area contributed by atoms with Crippen LogP contribution in [0.2, 0.25) is 10.0 Å². The van der Waals surface area contributed by atoms with E-state index in [9.17, 15) is 4.79 Å². The number of amides is 1. The van der Waals surface area contributed by atoms with E-state index >= 15 is 0 Å². The lowest BCUT2D eigenvalue weighted by atomic mass is 9.79. The van der Waals surface area contributed by atoms with Gasteiger partial charge in [-0.1, -0.05) is 29.3 Å². The van der Waals surface area contributed by atoms with Crippen LogP contribution in [-0.4, -0.2) is 25.7 Å². The molecule has 1 heterocycles. The molecule has 1 aliphatic heterocycles. The number of nitrogens with two attached hydrogens (primary N) is 1. The van der Waals surface area contributed by atoms with E-state index in [4.69, 9.17) is 33.7 Å². The Bertz CT molecular complexity index is 453. The zero-order valence-electron chi connectivity index (χ0n) is 10.4. The molecule has 0 aromatic heterocycles. The SMILES string of the molecule is NCC1(C(=O)Nc2c(Cl)cccc2Cl)CCOCC1. The number of anilines is 1. The third kappa shape index (κ3) is 3.03. The van der Waals surface area contributed by atoms with E-state index in [2.05, 4.69) is 5.32 Å². The summed E-state index contributed by atoms with van der Waals surface area (Å²) in [5, 5.41) is 3.64. The number of ether oxygens (including phenoxy) is 1. The maximum atomic E-state index is 12.5. The fourth-order valence-corrected chi connectivity index (χ4v) is 2.64. The lowest BCUT2D eigenvalue weighted by molar-refractivity contribution is -0.130. The van der Waals surface area contributed by atoms with Gasteiger partial charge in [-0.2, -0.15) is 0 Å². The zero-order valence-corrected chi connectivity index (χ0v) is 11.9. The molecule has 1 amide bonds. The van der Waals surface area contributed by atoms with E-state index in [1.54, 1.807) is 18.2 Å². The number of carbonyl (C=O) groups is 1. The number of carbonyl (C=O) groups excluding carboxylic acids is 1. The Balaban J connectivity index is 2.20. The average molecular weight is 303 g/mol. The Morgan fingerprint density at radius 1 is 1.32 bits per heavy atom. The molecule has 0 bridgehead atoms. The first-order chi connectivity index (χ1) is 9.09. The molecule has 0 radical (unpaired) electrons. The fourth-order valence-electron chi connectivity index (χ4n) is 2.15. The normalized spacial score (nSPS) is 18.1. The summed E-state index contributed by atoms with van der Waals surface area (Å²) in [6.07, 6.45) is 1.22. The number of benzene rings is 1. The fraction of sp³-hybridized carbons (Fsp3) is 0.462. The second-order valence-corrected chi connectivity index (χ2v) is 5.46. The number of para-hydroxylation sites is 1. The van der Waals surface area contributed by atoms with Crippen molar-refractivity contribution < 1.29 is 9.53 Å². The molecular weight excluding hydrogens is 287 g/mol. The molecule has 19 heavy (non-hydrogen) atoms. The summed E-state index contributed by atoms with van der Waals surface area (Å²) in [5.41, 5.74) is 5.63. The third-order valence-corrected chi connectivity index (χ3v) is 4.15. The van der Waals surface area contributed by atoms with Crippen LogP contribution in [0.25, 0.3) is 0 Å². The quantitative estimate of drug-likeness (QED) is 0.902. The molecule has 1 aliphatic rings. The Kier molecular flexibility index (Phi) is 4.68. The van der Waals surface area contributed by atoms with Crippen LogP contribution in [-0.2, 0) is 9.53 Å². The first kappa shape index (κ1) is 14.6. The summed E-state index contributed by atoms with van der Waals surface area (Å²) in [7, 11) is 0. The largest absolute Gasteiger partial charge is 0.381 e. The van der Waals surface area contributed by atoms with Crippen LogP contribution < -0.4 is 11.1 Å². The lowest BCUT2D eigenvalue weighted by Crippen LogP contribution is -2.46. The summed E-state index contributed by atoms with van der Waals surface area (Å²) in [6, 6.07) is 5.10. The zero-order chi connectivity index (χ0) is 13.9. The first-order valence-electron chi connectivity index (χ1n) is 6.12. The highest BCUT2D eigenvalue weighted by Crippen LogP contribution is 2.34. The van der Waals surface area contributed by atoms with Gasteiger partial charge in [-0.25, -0.2) is 0 Å². The van der Waals surface area contributed by atoms with Gasteiger partial charge in [0, 0.05) is 19.8 Å². The molecule has 4 nitrogen and oxygen atoms in total. The highest BCUT2D eigenvalue weighted by Gasteiger charge is 2.39. The van der Waals surface area contributed by atoms with Crippen LogP contribution in [0, 0.1) is 5.41 Å². The molecule has 1 saturated heterocycles. The van der Waals surface area contributed by atoms with Crippen LogP contribution in [0.4, 0.5) is 5.69 Å². The van der Waals surface area contributed by atoms with Gasteiger partial charge >= 0.3 is 0 Å². The van der Waals surface area contributed by atoms with Gasteiger partial charge in [0.1, 0.15) is 0 Å². The van der Waals surface area contributed by atoms with E-state index in [0.717, 1.165) is 0 Å². The van der Waals surface area contributed by atoms with Crippen molar-refractivity contribution in [2.45, 2.75) is 12.8 Å². The van der Waals surface area contributed by atoms with E-state index in [0.29, 0.717) is 41.8 Å². The number of hydrogen-bond acceptors (Lipinski definition) is 3. The second kappa shape index (κ2) is 6.09. The van der Waals surface area contributed by atoms with Crippen molar-refractivity contribution in [3.05, 3.63) is 28.2 Å². The minimum Gasteiger partial charge on any atom is -0.381 e. The third-order valence-electron chi connectivity index (χ3n) is 3.52. The van der Waals surface area contributed by atoms with Crippen molar-refractivity contribution in [3.8, 4) is 0 Å². The molecule has 3 N–H and O–H groups in total. The number of nitrogens with one attached hydrogen (secondary N) is 1. The summed E-state index contributed by atoms with van der Waals surface area (Å²) in [5.74, 6) is -0.145. The van der Waals surface area contributed by atoms with Crippen LogP contribution in [0.3, 0.4) is 0 Å². The van der Waals surface area contributed by atoms with Gasteiger partial charge in [0.15, 0.2) is 0 Å². The molecule has 104 valence electrons. The molecule has 1 aromatic carbocycles. The Morgan fingerprint density at radius 3 is 2.42 bits per heavy atom. The topological polar surface area (TPSA) is 64.4 Å². The average Bonchev–Trinajstić information content (AvgIpc) is 2.43.